The van der Waals surface area contributed by atoms with Crippen molar-refractivity contribution >= 4 is 17.1 Å². The molecule has 2 aliphatic heterocycles. The highest BCUT2D eigenvalue weighted by molar-refractivity contribution is 5.76. The lowest BCUT2D eigenvalue weighted by Gasteiger charge is -2.27. The Kier molecular flexibility index (Phi) is 9.62. The largest absolute Gasteiger partial charge is 0.379 e. The minimum absolute atomic E-state index is 0.874. The minimum atomic E-state index is 0.874. The molecule has 196 valence electrons. The van der Waals surface area contributed by atoms with Crippen LogP contribution in [-0.2, 0) is 22.3 Å². The summed E-state index contributed by atoms with van der Waals surface area (Å²) in [7, 11) is 0. The van der Waals surface area contributed by atoms with Crippen LogP contribution in [0.1, 0.15) is 24.0 Å². The Bertz CT molecular complexity index is 976. The molecule has 0 unspecified atom stereocenters. The van der Waals surface area contributed by atoms with Crippen molar-refractivity contribution in [1.29, 1.82) is 0 Å². The Hall–Kier alpha value is -2.70. The van der Waals surface area contributed by atoms with Crippen molar-refractivity contribution in [3.63, 3.8) is 0 Å². The van der Waals surface area contributed by atoms with Crippen LogP contribution in [0.15, 0.2) is 78.9 Å². The van der Waals surface area contributed by atoms with Crippen LogP contribution in [0.5, 0.6) is 0 Å². The molecule has 5 heteroatoms. The first kappa shape index (κ1) is 25.9. The first-order chi connectivity index (χ1) is 18.3. The Labute approximate surface area is 222 Å². The zero-order valence-corrected chi connectivity index (χ0v) is 22.1. The van der Waals surface area contributed by atoms with Gasteiger partial charge in [-0.15, -0.1) is 0 Å². The summed E-state index contributed by atoms with van der Waals surface area (Å²) in [5, 5.41) is 0. The third kappa shape index (κ3) is 7.65. The van der Waals surface area contributed by atoms with Gasteiger partial charge in [0.1, 0.15) is 0 Å². The van der Waals surface area contributed by atoms with Crippen molar-refractivity contribution in [3.05, 3.63) is 90.0 Å². The number of hydrogen-bond acceptors (Lipinski definition) is 5. The smallest absolute Gasteiger partial charge is 0.0594 e. The highest BCUT2D eigenvalue weighted by Gasteiger charge is 2.14. The van der Waals surface area contributed by atoms with Gasteiger partial charge in [-0.1, -0.05) is 42.5 Å². The number of anilines is 3. The molecule has 2 aliphatic rings. The molecule has 0 N–H and O–H groups in total. The molecule has 0 aliphatic carbocycles. The molecular weight excluding hydrogens is 458 g/mol. The standard InChI is InChI=1S/C32H41N3O2/c1-2-8-30(9-3-1)35(31-14-10-28(11-15-31)6-4-18-33-20-24-36-25-21-33)32-16-12-29(13-17-32)7-5-19-34-22-26-37-27-23-34/h1-3,8-17H,4-7,18-27H2. The lowest BCUT2D eigenvalue weighted by molar-refractivity contribution is 0.0374. The first-order valence-electron chi connectivity index (χ1n) is 14.0. The highest BCUT2D eigenvalue weighted by atomic mass is 16.5. The second kappa shape index (κ2) is 13.7. The van der Waals surface area contributed by atoms with E-state index in [1.54, 1.807) is 0 Å². The molecule has 0 spiro atoms. The van der Waals surface area contributed by atoms with Gasteiger partial charge in [0.15, 0.2) is 0 Å². The normalized spacial score (nSPS) is 17.1. The van der Waals surface area contributed by atoms with Crippen LogP contribution >= 0.6 is 0 Å². The maximum absolute atomic E-state index is 5.47. The SMILES string of the molecule is c1ccc(N(c2ccc(CCCN3CCOCC3)cc2)c2ccc(CCCN3CCOCC3)cc2)cc1. The zero-order valence-electron chi connectivity index (χ0n) is 22.1. The molecule has 5 nitrogen and oxygen atoms in total. The van der Waals surface area contributed by atoms with Gasteiger partial charge in [0.05, 0.1) is 26.4 Å². The van der Waals surface area contributed by atoms with E-state index in [1.807, 2.05) is 0 Å². The molecule has 2 saturated heterocycles. The number of rotatable bonds is 11. The second-order valence-corrected chi connectivity index (χ2v) is 10.1. The first-order valence-corrected chi connectivity index (χ1v) is 14.0. The van der Waals surface area contributed by atoms with Gasteiger partial charge < -0.3 is 14.4 Å². The van der Waals surface area contributed by atoms with Gasteiger partial charge in [-0.2, -0.15) is 0 Å². The maximum atomic E-state index is 5.47. The summed E-state index contributed by atoms with van der Waals surface area (Å²) in [6.07, 6.45) is 4.60. The fourth-order valence-corrected chi connectivity index (χ4v) is 5.31. The lowest BCUT2D eigenvalue weighted by Crippen LogP contribution is -2.36. The molecule has 0 saturated carbocycles. The molecule has 3 aromatic carbocycles. The van der Waals surface area contributed by atoms with E-state index in [9.17, 15) is 0 Å². The Morgan fingerprint density at radius 2 is 0.919 bits per heavy atom. The summed E-state index contributed by atoms with van der Waals surface area (Å²) < 4.78 is 10.9. The molecular formula is C32H41N3O2. The fourth-order valence-electron chi connectivity index (χ4n) is 5.31. The van der Waals surface area contributed by atoms with Crippen molar-refractivity contribution in [2.24, 2.45) is 0 Å². The van der Waals surface area contributed by atoms with Crippen LogP contribution in [0.3, 0.4) is 0 Å². The molecule has 0 radical (unpaired) electrons. The van der Waals surface area contributed by atoms with Crippen molar-refractivity contribution < 1.29 is 9.47 Å². The van der Waals surface area contributed by atoms with Gasteiger partial charge in [-0.25, -0.2) is 0 Å². The van der Waals surface area contributed by atoms with E-state index in [2.05, 4.69) is 93.6 Å². The van der Waals surface area contributed by atoms with Gasteiger partial charge in [0.25, 0.3) is 0 Å². The average molecular weight is 500 g/mol. The number of benzene rings is 3. The Morgan fingerprint density at radius 3 is 1.35 bits per heavy atom. The minimum Gasteiger partial charge on any atom is -0.379 e. The average Bonchev–Trinajstić information content (AvgIpc) is 2.97. The van der Waals surface area contributed by atoms with E-state index >= 15 is 0 Å². The summed E-state index contributed by atoms with van der Waals surface area (Å²) in [5.41, 5.74) is 6.38. The zero-order chi connectivity index (χ0) is 25.1. The summed E-state index contributed by atoms with van der Waals surface area (Å²) in [6.45, 7) is 10.1. The molecule has 3 aromatic rings. The summed E-state index contributed by atoms with van der Waals surface area (Å²) in [5.74, 6) is 0. The Morgan fingerprint density at radius 1 is 0.514 bits per heavy atom. The third-order valence-electron chi connectivity index (χ3n) is 7.49. The van der Waals surface area contributed by atoms with E-state index in [4.69, 9.17) is 9.47 Å². The Balaban J connectivity index is 1.21. The van der Waals surface area contributed by atoms with Crippen molar-refractivity contribution in [2.45, 2.75) is 25.7 Å². The molecule has 2 heterocycles. The molecule has 0 amide bonds. The van der Waals surface area contributed by atoms with Crippen LogP contribution in [0, 0.1) is 0 Å². The van der Waals surface area contributed by atoms with Gasteiger partial charge >= 0.3 is 0 Å². The molecule has 5 rings (SSSR count). The maximum Gasteiger partial charge on any atom is 0.0594 e. The number of hydrogen-bond donors (Lipinski definition) is 0. The predicted octanol–water partition coefficient (Wildman–Crippen LogP) is 5.69. The highest BCUT2D eigenvalue weighted by Crippen LogP contribution is 2.34. The summed E-state index contributed by atoms with van der Waals surface area (Å²) in [6, 6.07) is 29.0. The summed E-state index contributed by atoms with van der Waals surface area (Å²) in [4.78, 5) is 7.39. The van der Waals surface area contributed by atoms with E-state index in [-0.39, 0.29) is 0 Å². The van der Waals surface area contributed by atoms with Gasteiger partial charge in [-0.3, -0.25) is 9.80 Å². The van der Waals surface area contributed by atoms with Crippen molar-refractivity contribution in [2.75, 3.05) is 70.6 Å². The quantitative estimate of drug-likeness (QED) is 0.338. The van der Waals surface area contributed by atoms with Crippen molar-refractivity contribution in [1.82, 2.24) is 9.80 Å². The van der Waals surface area contributed by atoms with E-state index < -0.39 is 0 Å². The number of para-hydroxylation sites is 1. The van der Waals surface area contributed by atoms with Crippen LogP contribution in [-0.4, -0.2) is 75.5 Å². The van der Waals surface area contributed by atoms with E-state index in [1.165, 1.54) is 41.0 Å². The number of aryl methyl sites for hydroxylation is 2. The lowest BCUT2D eigenvalue weighted by atomic mass is 10.1. The van der Waals surface area contributed by atoms with E-state index in [0.29, 0.717) is 0 Å². The number of ether oxygens (including phenoxy) is 2. The predicted molar refractivity (Wildman–Crippen MR) is 152 cm³/mol. The van der Waals surface area contributed by atoms with Gasteiger partial charge in [-0.05, 0) is 86.3 Å². The van der Waals surface area contributed by atoms with Gasteiger partial charge in [0, 0.05) is 43.2 Å². The topological polar surface area (TPSA) is 28.2 Å². The van der Waals surface area contributed by atoms with Crippen LogP contribution in [0.25, 0.3) is 0 Å². The van der Waals surface area contributed by atoms with Crippen LogP contribution in [0.2, 0.25) is 0 Å². The number of nitrogens with zero attached hydrogens (tertiary/aromatic N) is 3. The molecule has 2 fully saturated rings. The summed E-state index contributed by atoms with van der Waals surface area (Å²) >= 11 is 0. The number of morpholine rings is 2. The van der Waals surface area contributed by atoms with Crippen LogP contribution in [0.4, 0.5) is 17.1 Å². The van der Waals surface area contributed by atoms with Gasteiger partial charge in [0.2, 0.25) is 0 Å². The molecule has 0 aromatic heterocycles. The third-order valence-corrected chi connectivity index (χ3v) is 7.49. The molecule has 0 bridgehead atoms. The molecule has 0 atom stereocenters. The molecule has 37 heavy (non-hydrogen) atoms. The van der Waals surface area contributed by atoms with Crippen molar-refractivity contribution in [3.8, 4) is 0 Å². The van der Waals surface area contributed by atoms with E-state index in [0.717, 1.165) is 78.5 Å². The monoisotopic (exact) mass is 499 g/mol. The fraction of sp³-hybridized carbons (Fsp3) is 0.438. The van der Waals surface area contributed by atoms with Crippen LogP contribution < -0.4 is 4.90 Å². The second-order valence-electron chi connectivity index (χ2n) is 10.1.